The SMILES string of the molecule is Cc1ccc(S(=O)(=O)N(C)c2ccccc2C(=O)NC(C(C)C)C(C)C)cc1. The van der Waals surface area contributed by atoms with E-state index >= 15 is 0 Å². The van der Waals surface area contributed by atoms with E-state index in [0.717, 1.165) is 5.56 Å². The van der Waals surface area contributed by atoms with Crippen molar-refractivity contribution in [3.8, 4) is 0 Å². The zero-order chi connectivity index (χ0) is 21.1. The van der Waals surface area contributed by atoms with Crippen molar-refractivity contribution in [2.75, 3.05) is 11.4 Å². The normalized spacial score (nSPS) is 11.9. The second-order valence-corrected chi connectivity index (χ2v) is 9.76. The first-order valence-corrected chi connectivity index (χ1v) is 10.9. The van der Waals surface area contributed by atoms with Crippen LogP contribution >= 0.6 is 0 Å². The highest BCUT2D eigenvalue weighted by Crippen LogP contribution is 2.26. The maximum atomic E-state index is 13.1. The minimum absolute atomic E-state index is 0.000400. The number of nitrogens with one attached hydrogen (secondary N) is 1. The van der Waals surface area contributed by atoms with Crippen LogP contribution in [0.15, 0.2) is 53.4 Å². The summed E-state index contributed by atoms with van der Waals surface area (Å²) >= 11 is 0. The van der Waals surface area contributed by atoms with Gasteiger partial charge < -0.3 is 5.32 Å². The number of benzene rings is 2. The average molecular weight is 403 g/mol. The quantitative estimate of drug-likeness (QED) is 0.754. The van der Waals surface area contributed by atoms with Crippen molar-refractivity contribution in [3.63, 3.8) is 0 Å². The molecule has 0 saturated carbocycles. The molecule has 1 N–H and O–H groups in total. The Balaban J connectivity index is 2.40. The van der Waals surface area contributed by atoms with Crippen LogP contribution in [0.25, 0.3) is 0 Å². The van der Waals surface area contributed by atoms with Gasteiger partial charge in [-0.1, -0.05) is 57.5 Å². The van der Waals surface area contributed by atoms with E-state index in [1.807, 2.05) is 6.92 Å². The molecular weight excluding hydrogens is 372 g/mol. The Morgan fingerprint density at radius 1 is 0.929 bits per heavy atom. The molecule has 5 nitrogen and oxygen atoms in total. The number of rotatable bonds is 7. The molecule has 1 amide bonds. The molecule has 2 aromatic carbocycles. The van der Waals surface area contributed by atoms with Gasteiger partial charge in [-0.05, 0) is 43.0 Å². The van der Waals surface area contributed by atoms with E-state index in [9.17, 15) is 13.2 Å². The Morgan fingerprint density at radius 3 is 2.00 bits per heavy atom. The number of aryl methyl sites for hydroxylation is 1. The van der Waals surface area contributed by atoms with Gasteiger partial charge in [0.25, 0.3) is 15.9 Å². The van der Waals surface area contributed by atoms with Gasteiger partial charge in [-0.25, -0.2) is 8.42 Å². The van der Waals surface area contributed by atoms with Gasteiger partial charge in [-0.3, -0.25) is 9.10 Å². The van der Waals surface area contributed by atoms with Crippen molar-refractivity contribution in [2.45, 2.75) is 45.6 Å². The molecule has 0 heterocycles. The zero-order valence-corrected chi connectivity index (χ0v) is 18.2. The number of hydrogen-bond acceptors (Lipinski definition) is 3. The fourth-order valence-corrected chi connectivity index (χ4v) is 4.48. The molecule has 0 bridgehead atoms. The van der Waals surface area contributed by atoms with Gasteiger partial charge in [-0.2, -0.15) is 0 Å². The van der Waals surface area contributed by atoms with Crippen LogP contribution in [0.2, 0.25) is 0 Å². The van der Waals surface area contributed by atoms with Gasteiger partial charge in [-0.15, -0.1) is 0 Å². The van der Waals surface area contributed by atoms with Crippen molar-refractivity contribution in [1.82, 2.24) is 5.32 Å². The lowest BCUT2D eigenvalue weighted by molar-refractivity contribution is 0.0911. The molecule has 28 heavy (non-hydrogen) atoms. The second-order valence-electron chi connectivity index (χ2n) is 7.79. The van der Waals surface area contributed by atoms with Crippen molar-refractivity contribution in [2.24, 2.45) is 11.8 Å². The summed E-state index contributed by atoms with van der Waals surface area (Å²) in [5.41, 5.74) is 1.67. The minimum Gasteiger partial charge on any atom is -0.349 e. The molecule has 0 aliphatic carbocycles. The lowest BCUT2D eigenvalue weighted by Gasteiger charge is -2.27. The monoisotopic (exact) mass is 402 g/mol. The molecule has 0 aliphatic rings. The third-order valence-electron chi connectivity index (χ3n) is 4.90. The van der Waals surface area contributed by atoms with Crippen LogP contribution in [0, 0.1) is 18.8 Å². The molecular formula is C22H30N2O3S. The second kappa shape index (κ2) is 8.78. The molecule has 0 atom stereocenters. The number of hydrogen-bond donors (Lipinski definition) is 1. The molecule has 0 spiro atoms. The predicted molar refractivity (Wildman–Crippen MR) is 114 cm³/mol. The number of amides is 1. The van der Waals surface area contributed by atoms with E-state index in [1.165, 1.54) is 11.4 Å². The van der Waals surface area contributed by atoms with Crippen molar-refractivity contribution >= 4 is 21.6 Å². The third kappa shape index (κ3) is 4.73. The van der Waals surface area contributed by atoms with E-state index in [-0.39, 0.29) is 28.7 Å². The molecule has 0 radical (unpaired) electrons. The largest absolute Gasteiger partial charge is 0.349 e. The summed E-state index contributed by atoms with van der Waals surface area (Å²) in [5.74, 6) is 0.268. The number of anilines is 1. The fraction of sp³-hybridized carbons (Fsp3) is 0.409. The van der Waals surface area contributed by atoms with E-state index < -0.39 is 10.0 Å². The molecule has 2 aromatic rings. The molecule has 0 aromatic heterocycles. The van der Waals surface area contributed by atoms with Gasteiger partial charge in [0, 0.05) is 13.1 Å². The first kappa shape index (κ1) is 22.0. The number of sulfonamides is 1. The summed E-state index contributed by atoms with van der Waals surface area (Å²) < 4.78 is 27.3. The summed E-state index contributed by atoms with van der Waals surface area (Å²) in [6, 6.07) is 13.5. The van der Waals surface area contributed by atoms with Gasteiger partial charge in [0.05, 0.1) is 16.1 Å². The lowest BCUT2D eigenvalue weighted by atomic mass is 9.93. The molecule has 0 fully saturated rings. The predicted octanol–water partition coefficient (Wildman–Crippen LogP) is 4.23. The Kier molecular flexibility index (Phi) is 6.88. The van der Waals surface area contributed by atoms with Gasteiger partial charge in [0.2, 0.25) is 0 Å². The molecule has 2 rings (SSSR count). The molecule has 6 heteroatoms. The van der Waals surface area contributed by atoms with Crippen LogP contribution < -0.4 is 9.62 Å². The van der Waals surface area contributed by atoms with E-state index in [4.69, 9.17) is 0 Å². The molecule has 152 valence electrons. The van der Waals surface area contributed by atoms with Crippen LogP contribution in [0.4, 0.5) is 5.69 Å². The summed E-state index contributed by atoms with van der Waals surface area (Å²) in [7, 11) is -2.30. The summed E-state index contributed by atoms with van der Waals surface area (Å²) in [4.78, 5) is 13.2. The van der Waals surface area contributed by atoms with Gasteiger partial charge >= 0.3 is 0 Å². The Bertz CT molecular complexity index is 911. The van der Waals surface area contributed by atoms with Gasteiger partial charge in [0.15, 0.2) is 0 Å². The minimum atomic E-state index is -3.77. The average Bonchev–Trinajstić information content (AvgIpc) is 2.65. The van der Waals surface area contributed by atoms with E-state index in [0.29, 0.717) is 11.3 Å². The fourth-order valence-electron chi connectivity index (χ4n) is 3.27. The number of nitrogens with zero attached hydrogens (tertiary/aromatic N) is 1. The standard InChI is InChI=1S/C22H30N2O3S/c1-15(2)21(16(3)4)23-22(25)19-9-7-8-10-20(19)24(6)28(26,27)18-13-11-17(5)12-14-18/h7-16,21H,1-6H3,(H,23,25). The summed E-state index contributed by atoms with van der Waals surface area (Å²) in [5, 5.41) is 3.07. The Hall–Kier alpha value is -2.34. The first-order valence-electron chi connectivity index (χ1n) is 9.51. The van der Waals surface area contributed by atoms with Crippen molar-refractivity contribution in [1.29, 1.82) is 0 Å². The Morgan fingerprint density at radius 2 is 1.46 bits per heavy atom. The van der Waals surface area contributed by atoms with E-state index in [1.54, 1.807) is 48.5 Å². The van der Waals surface area contributed by atoms with Gasteiger partial charge in [0.1, 0.15) is 0 Å². The topological polar surface area (TPSA) is 66.5 Å². The molecule has 0 unspecified atom stereocenters. The van der Waals surface area contributed by atoms with Crippen LogP contribution in [0.3, 0.4) is 0 Å². The highest BCUT2D eigenvalue weighted by Gasteiger charge is 2.27. The molecule has 0 saturated heterocycles. The van der Waals surface area contributed by atoms with Crippen molar-refractivity contribution < 1.29 is 13.2 Å². The van der Waals surface area contributed by atoms with Crippen molar-refractivity contribution in [3.05, 3.63) is 59.7 Å². The maximum absolute atomic E-state index is 13.1. The number of carbonyl (C=O) groups is 1. The van der Waals surface area contributed by atoms with Crippen LogP contribution in [-0.4, -0.2) is 27.4 Å². The highest BCUT2D eigenvalue weighted by molar-refractivity contribution is 7.92. The summed E-state index contributed by atoms with van der Waals surface area (Å²) in [6.45, 7) is 10.1. The summed E-state index contributed by atoms with van der Waals surface area (Å²) in [6.07, 6.45) is 0. The van der Waals surface area contributed by atoms with Crippen LogP contribution in [0.1, 0.15) is 43.6 Å². The highest BCUT2D eigenvalue weighted by atomic mass is 32.2. The van der Waals surface area contributed by atoms with E-state index in [2.05, 4.69) is 33.0 Å². The Labute approximate surface area is 168 Å². The first-order chi connectivity index (χ1) is 13.1. The van der Waals surface area contributed by atoms with Crippen LogP contribution in [-0.2, 0) is 10.0 Å². The zero-order valence-electron chi connectivity index (χ0n) is 17.4. The smallest absolute Gasteiger partial charge is 0.264 e. The lowest BCUT2D eigenvalue weighted by Crippen LogP contribution is -2.42. The molecule has 0 aliphatic heterocycles. The number of para-hydroxylation sites is 1. The maximum Gasteiger partial charge on any atom is 0.264 e. The number of carbonyl (C=O) groups excluding carboxylic acids is 1. The van der Waals surface area contributed by atoms with Crippen LogP contribution in [0.5, 0.6) is 0 Å². The third-order valence-corrected chi connectivity index (χ3v) is 6.69.